The summed E-state index contributed by atoms with van der Waals surface area (Å²) in [6.07, 6.45) is 1.45. The number of halogens is 1. The lowest BCUT2D eigenvalue weighted by molar-refractivity contribution is 0.217. The number of benzene rings is 2. The quantitative estimate of drug-likeness (QED) is 0.690. The number of H-pyrrole nitrogens is 1. The van der Waals surface area contributed by atoms with Crippen molar-refractivity contribution in [1.82, 2.24) is 4.98 Å². The summed E-state index contributed by atoms with van der Waals surface area (Å²) in [5, 5.41) is 9.00. The van der Waals surface area contributed by atoms with Crippen molar-refractivity contribution < 1.29 is 13.9 Å². The second-order valence-electron chi connectivity index (χ2n) is 5.40. The summed E-state index contributed by atoms with van der Waals surface area (Å²) in [5.41, 5.74) is 0.146. The molecule has 0 amide bonds. The Balaban J connectivity index is 1.79. The van der Waals surface area contributed by atoms with Gasteiger partial charge in [0.25, 0.3) is 5.56 Å². The van der Waals surface area contributed by atoms with Crippen LogP contribution in [0.15, 0.2) is 65.6 Å². The van der Waals surface area contributed by atoms with Gasteiger partial charge in [-0.2, -0.15) is 5.26 Å². The minimum Gasteiger partial charge on any atom is -0.490 e. The number of hydrogen-bond acceptors (Lipinski definition) is 4. The van der Waals surface area contributed by atoms with Crippen LogP contribution in [-0.2, 0) is 0 Å². The zero-order valence-corrected chi connectivity index (χ0v) is 13.7. The smallest absolute Gasteiger partial charge is 0.259 e. The lowest BCUT2D eigenvalue weighted by atomic mass is 10.0. The molecule has 0 unspecified atom stereocenters. The first-order valence-corrected chi connectivity index (χ1v) is 7.91. The van der Waals surface area contributed by atoms with Crippen LogP contribution in [-0.4, -0.2) is 18.2 Å². The molecule has 3 rings (SSSR count). The van der Waals surface area contributed by atoms with E-state index >= 15 is 0 Å². The van der Waals surface area contributed by atoms with E-state index < -0.39 is 11.4 Å². The average molecular weight is 350 g/mol. The van der Waals surface area contributed by atoms with E-state index in [0.29, 0.717) is 11.5 Å². The molecule has 0 saturated heterocycles. The van der Waals surface area contributed by atoms with E-state index in [0.717, 1.165) is 6.07 Å². The van der Waals surface area contributed by atoms with Gasteiger partial charge in [-0.25, -0.2) is 4.39 Å². The van der Waals surface area contributed by atoms with Gasteiger partial charge in [-0.1, -0.05) is 18.2 Å². The fourth-order valence-electron chi connectivity index (χ4n) is 2.48. The van der Waals surface area contributed by atoms with Crippen molar-refractivity contribution >= 4 is 0 Å². The van der Waals surface area contributed by atoms with Gasteiger partial charge < -0.3 is 14.5 Å². The standard InChI is InChI=1S/C20H15FN2O3/c21-16-11-14(13-22)10-15(12-16)19-18(6-7-23-20(19)24)26-9-8-25-17-4-2-1-3-5-17/h1-7,10-12H,8-9H2,(H,23,24). The fourth-order valence-corrected chi connectivity index (χ4v) is 2.48. The van der Waals surface area contributed by atoms with Crippen LogP contribution in [0.1, 0.15) is 5.56 Å². The summed E-state index contributed by atoms with van der Waals surface area (Å²) >= 11 is 0. The van der Waals surface area contributed by atoms with E-state index in [9.17, 15) is 9.18 Å². The monoisotopic (exact) mass is 350 g/mol. The molecule has 130 valence electrons. The molecule has 1 aromatic heterocycles. The third-order valence-corrected chi connectivity index (χ3v) is 3.59. The zero-order valence-electron chi connectivity index (χ0n) is 13.7. The second kappa shape index (κ2) is 7.99. The summed E-state index contributed by atoms with van der Waals surface area (Å²) in [4.78, 5) is 14.8. The molecule has 0 aliphatic carbocycles. The zero-order chi connectivity index (χ0) is 18.4. The average Bonchev–Trinajstić information content (AvgIpc) is 2.65. The van der Waals surface area contributed by atoms with Crippen LogP contribution in [0.25, 0.3) is 11.1 Å². The van der Waals surface area contributed by atoms with Crippen molar-refractivity contribution in [1.29, 1.82) is 5.26 Å². The Morgan fingerprint density at radius 1 is 1.04 bits per heavy atom. The number of nitriles is 1. The van der Waals surface area contributed by atoms with Crippen molar-refractivity contribution in [3.05, 3.63) is 82.5 Å². The van der Waals surface area contributed by atoms with Crippen LogP contribution in [0.5, 0.6) is 11.5 Å². The largest absolute Gasteiger partial charge is 0.490 e. The molecule has 2 aromatic carbocycles. The topological polar surface area (TPSA) is 75.1 Å². The number of nitrogens with one attached hydrogen (secondary N) is 1. The van der Waals surface area contributed by atoms with E-state index in [1.54, 1.807) is 6.07 Å². The van der Waals surface area contributed by atoms with Gasteiger partial charge in [0.2, 0.25) is 0 Å². The SMILES string of the molecule is N#Cc1cc(F)cc(-c2c(OCCOc3ccccc3)cc[nH]c2=O)c1. The molecule has 3 aromatic rings. The number of pyridine rings is 1. The van der Waals surface area contributed by atoms with Crippen molar-refractivity contribution in [2.75, 3.05) is 13.2 Å². The molecule has 6 heteroatoms. The van der Waals surface area contributed by atoms with Crippen LogP contribution in [0.3, 0.4) is 0 Å². The van der Waals surface area contributed by atoms with Gasteiger partial charge >= 0.3 is 0 Å². The molecule has 0 fully saturated rings. The molecule has 1 heterocycles. The van der Waals surface area contributed by atoms with Crippen molar-refractivity contribution in [3.8, 4) is 28.7 Å². The van der Waals surface area contributed by atoms with E-state index in [1.165, 1.54) is 18.3 Å². The molecule has 5 nitrogen and oxygen atoms in total. The summed E-state index contributed by atoms with van der Waals surface area (Å²) in [6.45, 7) is 0.481. The van der Waals surface area contributed by atoms with E-state index in [1.807, 2.05) is 36.4 Å². The Kier molecular flexibility index (Phi) is 5.30. The first kappa shape index (κ1) is 17.2. The minimum atomic E-state index is -0.597. The highest BCUT2D eigenvalue weighted by Crippen LogP contribution is 2.27. The van der Waals surface area contributed by atoms with Crippen molar-refractivity contribution in [2.45, 2.75) is 0 Å². The van der Waals surface area contributed by atoms with Crippen LogP contribution in [0.2, 0.25) is 0 Å². The van der Waals surface area contributed by atoms with Crippen molar-refractivity contribution in [3.63, 3.8) is 0 Å². The van der Waals surface area contributed by atoms with Crippen LogP contribution in [0.4, 0.5) is 4.39 Å². The molecule has 26 heavy (non-hydrogen) atoms. The Morgan fingerprint density at radius 3 is 2.58 bits per heavy atom. The number of nitrogens with zero attached hydrogens (tertiary/aromatic N) is 1. The van der Waals surface area contributed by atoms with Gasteiger partial charge in [0, 0.05) is 6.20 Å². The molecular weight excluding hydrogens is 335 g/mol. The molecule has 0 atom stereocenters. The second-order valence-corrected chi connectivity index (χ2v) is 5.40. The van der Waals surface area contributed by atoms with E-state index in [4.69, 9.17) is 14.7 Å². The van der Waals surface area contributed by atoms with Crippen LogP contribution < -0.4 is 15.0 Å². The lowest BCUT2D eigenvalue weighted by Crippen LogP contribution is -2.14. The van der Waals surface area contributed by atoms with Gasteiger partial charge in [-0.3, -0.25) is 4.79 Å². The number of aromatic amines is 1. The first-order valence-electron chi connectivity index (χ1n) is 7.91. The number of hydrogen-bond donors (Lipinski definition) is 1. The van der Waals surface area contributed by atoms with Crippen LogP contribution in [0, 0.1) is 17.1 Å². The third-order valence-electron chi connectivity index (χ3n) is 3.59. The number of para-hydroxylation sites is 1. The third kappa shape index (κ3) is 4.08. The first-order chi connectivity index (χ1) is 12.7. The van der Waals surface area contributed by atoms with E-state index in [-0.39, 0.29) is 29.9 Å². The molecule has 1 N–H and O–H groups in total. The Hall–Kier alpha value is -3.59. The highest BCUT2D eigenvalue weighted by atomic mass is 19.1. The number of ether oxygens (including phenoxy) is 2. The predicted molar refractivity (Wildman–Crippen MR) is 94.6 cm³/mol. The number of rotatable bonds is 6. The van der Waals surface area contributed by atoms with E-state index in [2.05, 4.69) is 4.98 Å². The highest BCUT2D eigenvalue weighted by Gasteiger charge is 2.13. The minimum absolute atomic E-state index is 0.126. The molecule has 0 aliphatic heterocycles. The fraction of sp³-hybridized carbons (Fsp3) is 0.100. The van der Waals surface area contributed by atoms with Gasteiger partial charge in [-0.05, 0) is 42.0 Å². The summed E-state index contributed by atoms with van der Waals surface area (Å²) in [7, 11) is 0. The molecular formula is C20H15FN2O3. The maximum absolute atomic E-state index is 13.7. The number of aromatic nitrogens is 1. The molecule has 0 saturated carbocycles. The Bertz CT molecular complexity index is 994. The molecule has 0 bridgehead atoms. The summed E-state index contributed by atoms with van der Waals surface area (Å²) in [6, 6.07) is 16.5. The van der Waals surface area contributed by atoms with Gasteiger partial charge in [-0.15, -0.1) is 0 Å². The summed E-state index contributed by atoms with van der Waals surface area (Å²) < 4.78 is 24.9. The summed E-state index contributed by atoms with van der Waals surface area (Å²) in [5.74, 6) is 0.409. The van der Waals surface area contributed by atoms with Gasteiger partial charge in [0.15, 0.2) is 0 Å². The predicted octanol–water partition coefficient (Wildman–Crippen LogP) is 3.51. The van der Waals surface area contributed by atoms with Crippen molar-refractivity contribution in [2.24, 2.45) is 0 Å². The highest BCUT2D eigenvalue weighted by molar-refractivity contribution is 5.70. The van der Waals surface area contributed by atoms with Gasteiger partial charge in [0.05, 0.1) is 17.2 Å². The Morgan fingerprint density at radius 2 is 1.81 bits per heavy atom. The normalized spacial score (nSPS) is 10.2. The van der Waals surface area contributed by atoms with Crippen LogP contribution >= 0.6 is 0 Å². The lowest BCUT2D eigenvalue weighted by Gasteiger charge is -2.12. The maximum Gasteiger partial charge on any atom is 0.259 e. The maximum atomic E-state index is 13.7. The molecule has 0 aliphatic rings. The van der Waals surface area contributed by atoms with Gasteiger partial charge in [0.1, 0.15) is 30.5 Å². The molecule has 0 spiro atoms. The molecule has 0 radical (unpaired) electrons. The Labute approximate surface area is 149 Å².